The Balaban J connectivity index is 2.31. The number of rotatable bonds is 5. The lowest BCUT2D eigenvalue weighted by Crippen LogP contribution is -2.26. The van der Waals surface area contributed by atoms with Crippen LogP contribution in [0.15, 0.2) is 6.20 Å². The van der Waals surface area contributed by atoms with Crippen molar-refractivity contribution >= 4 is 11.3 Å². The zero-order valence-corrected chi connectivity index (χ0v) is 9.32. The lowest BCUT2D eigenvalue weighted by atomic mass is 10.4. The number of nitrogens with zero attached hydrogens (tertiary/aromatic N) is 2. The van der Waals surface area contributed by atoms with Gasteiger partial charge in [0.1, 0.15) is 0 Å². The van der Waals surface area contributed by atoms with Crippen LogP contribution in [0.5, 0.6) is 0 Å². The van der Waals surface area contributed by atoms with Gasteiger partial charge in [-0.1, -0.05) is 0 Å². The van der Waals surface area contributed by atoms with E-state index in [1.807, 2.05) is 20.2 Å². The van der Waals surface area contributed by atoms with Gasteiger partial charge in [0.25, 0.3) is 0 Å². The third-order valence-electron chi connectivity index (χ3n) is 1.84. The van der Waals surface area contributed by atoms with Crippen LogP contribution in [-0.2, 0) is 6.54 Å². The molecule has 1 rings (SSSR count). The van der Waals surface area contributed by atoms with E-state index in [4.69, 9.17) is 0 Å². The molecule has 0 saturated carbocycles. The number of hydrogen-bond donors (Lipinski definition) is 1. The maximum absolute atomic E-state index is 4.23. The Kier molecular flexibility index (Phi) is 4.35. The molecule has 74 valence electrons. The van der Waals surface area contributed by atoms with Gasteiger partial charge in [-0.2, -0.15) is 0 Å². The molecule has 0 spiro atoms. The average molecular weight is 199 g/mol. The topological polar surface area (TPSA) is 28.2 Å². The minimum absolute atomic E-state index is 1.01. The molecule has 1 heterocycles. The predicted molar refractivity (Wildman–Crippen MR) is 57.1 cm³/mol. The molecule has 0 unspecified atom stereocenters. The first-order valence-corrected chi connectivity index (χ1v) is 5.28. The van der Waals surface area contributed by atoms with E-state index in [-0.39, 0.29) is 0 Å². The molecule has 0 aliphatic rings. The number of aryl methyl sites for hydroxylation is 1. The molecule has 0 radical (unpaired) electrons. The molecule has 3 nitrogen and oxygen atoms in total. The Morgan fingerprint density at radius 1 is 1.62 bits per heavy atom. The van der Waals surface area contributed by atoms with Crippen LogP contribution in [0, 0.1) is 6.92 Å². The average Bonchev–Trinajstić information content (AvgIpc) is 2.48. The van der Waals surface area contributed by atoms with Crippen LogP contribution in [0.1, 0.15) is 9.88 Å². The minimum atomic E-state index is 1.01. The van der Waals surface area contributed by atoms with Crippen molar-refractivity contribution in [2.24, 2.45) is 0 Å². The van der Waals surface area contributed by atoms with Gasteiger partial charge >= 0.3 is 0 Å². The van der Waals surface area contributed by atoms with E-state index in [2.05, 4.69) is 22.2 Å². The summed E-state index contributed by atoms with van der Waals surface area (Å²) in [6.07, 6.45) is 1.97. The lowest BCUT2D eigenvalue weighted by Gasteiger charge is -2.14. The molecule has 0 amide bonds. The molecule has 13 heavy (non-hydrogen) atoms. The van der Waals surface area contributed by atoms with Gasteiger partial charge in [-0.05, 0) is 21.0 Å². The maximum Gasteiger partial charge on any atom is 0.0897 e. The van der Waals surface area contributed by atoms with E-state index in [1.54, 1.807) is 11.3 Å². The zero-order chi connectivity index (χ0) is 9.68. The highest BCUT2D eigenvalue weighted by Gasteiger charge is 2.01. The fourth-order valence-electron chi connectivity index (χ4n) is 1.13. The van der Waals surface area contributed by atoms with E-state index in [9.17, 15) is 0 Å². The summed E-state index contributed by atoms with van der Waals surface area (Å²) < 4.78 is 0. The molecule has 0 saturated heterocycles. The highest BCUT2D eigenvalue weighted by molar-refractivity contribution is 7.11. The van der Waals surface area contributed by atoms with Crippen LogP contribution in [0.4, 0.5) is 0 Å². The Labute approximate surface area is 83.8 Å². The van der Waals surface area contributed by atoms with Crippen molar-refractivity contribution in [3.8, 4) is 0 Å². The van der Waals surface area contributed by atoms with E-state index >= 15 is 0 Å². The summed E-state index contributed by atoms with van der Waals surface area (Å²) in [7, 11) is 4.11. The van der Waals surface area contributed by atoms with Crippen molar-refractivity contribution in [3.05, 3.63) is 16.1 Å². The Morgan fingerprint density at radius 2 is 2.38 bits per heavy atom. The number of thiazole rings is 1. The molecule has 0 fully saturated rings. The van der Waals surface area contributed by atoms with Crippen LogP contribution in [-0.4, -0.2) is 37.1 Å². The Hall–Kier alpha value is -0.450. The SMILES string of the molecule is CNCCN(C)Cc1cnc(C)s1. The molecule has 0 atom stereocenters. The summed E-state index contributed by atoms with van der Waals surface area (Å²) in [6, 6.07) is 0. The maximum atomic E-state index is 4.23. The summed E-state index contributed by atoms with van der Waals surface area (Å²) >= 11 is 1.78. The first kappa shape index (κ1) is 10.6. The highest BCUT2D eigenvalue weighted by Crippen LogP contribution is 2.12. The van der Waals surface area contributed by atoms with Gasteiger partial charge in [-0.25, -0.2) is 4.98 Å². The van der Waals surface area contributed by atoms with Crippen molar-refractivity contribution in [2.45, 2.75) is 13.5 Å². The van der Waals surface area contributed by atoms with Gasteiger partial charge in [0, 0.05) is 30.7 Å². The summed E-state index contributed by atoms with van der Waals surface area (Å²) in [5.41, 5.74) is 0. The molecule has 0 aromatic carbocycles. The zero-order valence-electron chi connectivity index (χ0n) is 8.50. The Morgan fingerprint density at radius 3 is 2.92 bits per heavy atom. The van der Waals surface area contributed by atoms with Crippen LogP contribution in [0.25, 0.3) is 0 Å². The molecule has 1 N–H and O–H groups in total. The fourth-order valence-corrected chi connectivity index (χ4v) is 2.00. The fraction of sp³-hybridized carbons (Fsp3) is 0.667. The molecule has 1 aromatic heterocycles. The number of aromatic nitrogens is 1. The van der Waals surface area contributed by atoms with E-state index in [0.717, 1.165) is 24.6 Å². The largest absolute Gasteiger partial charge is 0.318 e. The van der Waals surface area contributed by atoms with Crippen LogP contribution in [0.2, 0.25) is 0 Å². The monoisotopic (exact) mass is 199 g/mol. The van der Waals surface area contributed by atoms with Crippen molar-refractivity contribution < 1.29 is 0 Å². The quantitative estimate of drug-likeness (QED) is 0.770. The third-order valence-corrected chi connectivity index (χ3v) is 2.74. The molecule has 0 aliphatic heterocycles. The second kappa shape index (κ2) is 5.32. The second-order valence-electron chi connectivity index (χ2n) is 3.19. The van der Waals surface area contributed by atoms with Crippen molar-refractivity contribution in [1.29, 1.82) is 0 Å². The van der Waals surface area contributed by atoms with E-state index < -0.39 is 0 Å². The number of hydrogen-bond acceptors (Lipinski definition) is 4. The van der Waals surface area contributed by atoms with E-state index in [0.29, 0.717) is 0 Å². The third kappa shape index (κ3) is 3.85. The lowest BCUT2D eigenvalue weighted by molar-refractivity contribution is 0.331. The molecular formula is C9H17N3S. The molecule has 4 heteroatoms. The second-order valence-corrected chi connectivity index (χ2v) is 4.51. The van der Waals surface area contributed by atoms with Crippen LogP contribution < -0.4 is 5.32 Å². The smallest absolute Gasteiger partial charge is 0.0897 e. The molecule has 0 bridgehead atoms. The first-order valence-electron chi connectivity index (χ1n) is 4.47. The summed E-state index contributed by atoms with van der Waals surface area (Å²) in [5, 5.41) is 4.29. The molecule has 0 aliphatic carbocycles. The summed E-state index contributed by atoms with van der Waals surface area (Å²) in [5.74, 6) is 0. The summed E-state index contributed by atoms with van der Waals surface area (Å²) in [4.78, 5) is 7.86. The van der Waals surface area contributed by atoms with Crippen LogP contribution in [0.3, 0.4) is 0 Å². The van der Waals surface area contributed by atoms with Gasteiger partial charge < -0.3 is 5.32 Å². The first-order chi connectivity index (χ1) is 6.22. The summed E-state index contributed by atoms with van der Waals surface area (Å²) in [6.45, 7) is 5.16. The van der Waals surface area contributed by atoms with Gasteiger partial charge in [0.15, 0.2) is 0 Å². The van der Waals surface area contributed by atoms with Crippen molar-refractivity contribution in [3.63, 3.8) is 0 Å². The Bertz CT molecular complexity index is 247. The molecular weight excluding hydrogens is 182 g/mol. The molecule has 1 aromatic rings. The van der Waals surface area contributed by atoms with Gasteiger partial charge in [0.05, 0.1) is 5.01 Å². The van der Waals surface area contributed by atoms with E-state index in [1.165, 1.54) is 4.88 Å². The number of likely N-dealkylation sites (N-methyl/N-ethyl adjacent to an activating group) is 2. The van der Waals surface area contributed by atoms with Crippen molar-refractivity contribution in [2.75, 3.05) is 27.2 Å². The standard InChI is InChI=1S/C9H17N3S/c1-8-11-6-9(13-8)7-12(3)5-4-10-2/h6,10H,4-5,7H2,1-3H3. The van der Waals surface area contributed by atoms with Gasteiger partial charge in [0.2, 0.25) is 0 Å². The van der Waals surface area contributed by atoms with Gasteiger partial charge in [-0.3, -0.25) is 4.90 Å². The van der Waals surface area contributed by atoms with Crippen LogP contribution >= 0.6 is 11.3 Å². The van der Waals surface area contributed by atoms with Gasteiger partial charge in [-0.15, -0.1) is 11.3 Å². The number of nitrogens with one attached hydrogen (secondary N) is 1. The highest BCUT2D eigenvalue weighted by atomic mass is 32.1. The normalized spacial score (nSPS) is 11.1. The minimum Gasteiger partial charge on any atom is -0.318 e. The van der Waals surface area contributed by atoms with Crippen molar-refractivity contribution in [1.82, 2.24) is 15.2 Å². The predicted octanol–water partition coefficient (Wildman–Crippen LogP) is 1.10.